The molecule has 1 heterocycles. The zero-order chi connectivity index (χ0) is 8.27. The maximum atomic E-state index is 10.9. The van der Waals surface area contributed by atoms with Crippen LogP contribution in [0.25, 0.3) is 0 Å². The number of nitrogens with one attached hydrogen (secondary N) is 1. The van der Waals surface area contributed by atoms with Crippen LogP contribution in [0.4, 0.5) is 4.79 Å². The van der Waals surface area contributed by atoms with Crippen LogP contribution < -0.4 is 5.32 Å². The fourth-order valence-corrected chi connectivity index (χ4v) is 1.73. The monoisotopic (exact) mass is 192 g/mol. The first-order valence-corrected chi connectivity index (χ1v) is 5.00. The Labute approximate surface area is 72.3 Å². The lowest BCUT2D eigenvalue weighted by atomic mass is 10.7. The SMILES string of the molecule is O=C1NCCN1C[Si]C(O)Cl. The number of hydrogen-bond donors (Lipinski definition) is 2. The van der Waals surface area contributed by atoms with E-state index in [2.05, 4.69) is 5.32 Å². The molecule has 1 rings (SSSR count). The smallest absolute Gasteiger partial charge is 0.317 e. The van der Waals surface area contributed by atoms with Crippen molar-refractivity contribution in [1.82, 2.24) is 10.2 Å². The Balaban J connectivity index is 2.20. The first kappa shape index (κ1) is 8.83. The summed E-state index contributed by atoms with van der Waals surface area (Å²) in [6, 6.07) is -0.0604. The number of nitrogens with zero attached hydrogens (tertiary/aromatic N) is 1. The van der Waals surface area contributed by atoms with Gasteiger partial charge in [0, 0.05) is 19.3 Å². The molecule has 1 aliphatic heterocycles. The Morgan fingerprint density at radius 2 is 2.64 bits per heavy atom. The molecular formula is C5H9ClN2O2Si. The zero-order valence-corrected chi connectivity index (χ0v) is 7.64. The number of hydrogen-bond acceptors (Lipinski definition) is 2. The van der Waals surface area contributed by atoms with Crippen LogP contribution in [0.15, 0.2) is 0 Å². The highest BCUT2D eigenvalue weighted by Crippen LogP contribution is 1.96. The van der Waals surface area contributed by atoms with Crippen LogP contribution in [0.5, 0.6) is 0 Å². The highest BCUT2D eigenvalue weighted by Gasteiger charge is 2.19. The molecule has 4 nitrogen and oxygen atoms in total. The standard InChI is InChI=1S/C5H9ClN2O2Si/c6-4(9)11-3-8-2-1-7-5(8)10/h4,9H,1-3H2,(H,7,10). The third-order valence-electron chi connectivity index (χ3n) is 1.40. The van der Waals surface area contributed by atoms with Crippen molar-refractivity contribution >= 4 is 27.2 Å². The molecule has 2 N–H and O–H groups in total. The lowest BCUT2D eigenvalue weighted by Crippen LogP contribution is -2.34. The fourth-order valence-electron chi connectivity index (χ4n) is 0.848. The Bertz CT molecular complexity index is 155. The molecule has 11 heavy (non-hydrogen) atoms. The average Bonchev–Trinajstić information content (AvgIpc) is 2.31. The van der Waals surface area contributed by atoms with Crippen molar-refractivity contribution in [2.75, 3.05) is 19.3 Å². The van der Waals surface area contributed by atoms with Gasteiger partial charge in [-0.1, -0.05) is 11.6 Å². The Morgan fingerprint density at radius 1 is 1.91 bits per heavy atom. The Kier molecular flexibility index (Phi) is 3.16. The lowest BCUT2D eigenvalue weighted by Gasteiger charge is -2.12. The number of alkyl halides is 1. The van der Waals surface area contributed by atoms with Gasteiger partial charge in [0.2, 0.25) is 0 Å². The molecule has 1 fully saturated rings. The van der Waals surface area contributed by atoms with E-state index in [0.717, 1.165) is 6.54 Å². The first-order chi connectivity index (χ1) is 5.20. The number of aliphatic hydroxyl groups is 1. The number of carbonyl (C=O) groups excluding carboxylic acids is 1. The second-order valence-corrected chi connectivity index (χ2v) is 4.24. The molecule has 0 aliphatic carbocycles. The number of carbonyl (C=O) groups is 1. The van der Waals surface area contributed by atoms with Gasteiger partial charge in [-0.05, 0) is 0 Å². The number of halogens is 1. The minimum atomic E-state index is -0.816. The van der Waals surface area contributed by atoms with Gasteiger partial charge in [-0.15, -0.1) is 0 Å². The highest BCUT2D eigenvalue weighted by atomic mass is 35.5. The van der Waals surface area contributed by atoms with Crippen molar-refractivity contribution in [3.63, 3.8) is 0 Å². The van der Waals surface area contributed by atoms with E-state index in [1.165, 1.54) is 0 Å². The molecule has 0 aromatic carbocycles. The van der Waals surface area contributed by atoms with E-state index in [1.807, 2.05) is 0 Å². The molecular weight excluding hydrogens is 184 g/mol. The van der Waals surface area contributed by atoms with Gasteiger partial charge in [0.05, 0.1) is 0 Å². The minimum Gasteiger partial charge on any atom is -0.382 e. The van der Waals surface area contributed by atoms with Gasteiger partial charge in [0.25, 0.3) is 0 Å². The summed E-state index contributed by atoms with van der Waals surface area (Å²) < 4.78 is 0. The number of amides is 2. The molecule has 1 atom stereocenters. The third kappa shape index (κ3) is 2.68. The predicted molar refractivity (Wildman–Crippen MR) is 42.6 cm³/mol. The molecule has 2 radical (unpaired) electrons. The van der Waals surface area contributed by atoms with Crippen molar-refractivity contribution in [2.45, 2.75) is 5.19 Å². The molecule has 1 saturated heterocycles. The van der Waals surface area contributed by atoms with E-state index in [0.29, 0.717) is 12.7 Å². The van der Waals surface area contributed by atoms with E-state index in [4.69, 9.17) is 16.7 Å². The summed E-state index contributed by atoms with van der Waals surface area (Å²) in [5, 5.41) is 10.6. The summed E-state index contributed by atoms with van der Waals surface area (Å²) in [5.74, 6) is 0. The maximum absolute atomic E-state index is 10.9. The summed E-state index contributed by atoms with van der Waals surface area (Å²) in [6.07, 6.45) is 0.552. The van der Waals surface area contributed by atoms with Crippen LogP contribution in [0, 0.1) is 0 Å². The van der Waals surface area contributed by atoms with Gasteiger partial charge in [-0.25, -0.2) is 4.79 Å². The van der Waals surface area contributed by atoms with E-state index >= 15 is 0 Å². The number of urea groups is 1. The molecule has 62 valence electrons. The van der Waals surface area contributed by atoms with Crippen molar-refractivity contribution < 1.29 is 9.90 Å². The highest BCUT2D eigenvalue weighted by molar-refractivity contribution is 6.52. The van der Waals surface area contributed by atoms with E-state index in [9.17, 15) is 4.79 Å². The maximum Gasteiger partial charge on any atom is 0.317 e. The molecule has 0 aromatic heterocycles. The van der Waals surface area contributed by atoms with Crippen molar-refractivity contribution in [2.24, 2.45) is 0 Å². The summed E-state index contributed by atoms with van der Waals surface area (Å²) in [5.41, 5.74) is 0. The van der Waals surface area contributed by atoms with Crippen LogP contribution in [-0.4, -0.2) is 50.0 Å². The molecule has 0 saturated carbocycles. The number of rotatable bonds is 3. The van der Waals surface area contributed by atoms with Crippen LogP contribution in [-0.2, 0) is 0 Å². The Hall–Kier alpha value is -0.263. The van der Waals surface area contributed by atoms with Crippen molar-refractivity contribution in [3.05, 3.63) is 0 Å². The second-order valence-electron chi connectivity index (χ2n) is 2.19. The summed E-state index contributed by atoms with van der Waals surface area (Å²) in [4.78, 5) is 12.5. The van der Waals surface area contributed by atoms with Crippen LogP contribution in [0.1, 0.15) is 0 Å². The van der Waals surface area contributed by atoms with Crippen molar-refractivity contribution in [1.29, 1.82) is 0 Å². The zero-order valence-electron chi connectivity index (χ0n) is 5.88. The van der Waals surface area contributed by atoms with E-state index in [-0.39, 0.29) is 15.6 Å². The minimum absolute atomic E-state index is 0.0604. The molecule has 1 aliphatic rings. The molecule has 1 unspecified atom stereocenters. The van der Waals surface area contributed by atoms with Gasteiger partial charge >= 0.3 is 6.03 Å². The summed E-state index contributed by atoms with van der Waals surface area (Å²) in [6.45, 7) is 1.41. The van der Waals surface area contributed by atoms with E-state index < -0.39 is 5.19 Å². The van der Waals surface area contributed by atoms with E-state index in [1.54, 1.807) is 4.90 Å². The van der Waals surface area contributed by atoms with Crippen LogP contribution in [0.2, 0.25) is 0 Å². The first-order valence-electron chi connectivity index (χ1n) is 3.28. The predicted octanol–water partition coefficient (Wildman–Crippen LogP) is -0.812. The third-order valence-corrected chi connectivity index (χ3v) is 2.76. The normalized spacial score (nSPS) is 20.2. The van der Waals surface area contributed by atoms with Gasteiger partial charge < -0.3 is 15.3 Å². The molecule has 0 bridgehead atoms. The van der Waals surface area contributed by atoms with Crippen LogP contribution >= 0.6 is 11.6 Å². The van der Waals surface area contributed by atoms with Gasteiger partial charge in [-0.2, -0.15) is 0 Å². The Morgan fingerprint density at radius 3 is 3.09 bits per heavy atom. The van der Waals surface area contributed by atoms with Crippen LogP contribution in [0.3, 0.4) is 0 Å². The van der Waals surface area contributed by atoms with Gasteiger partial charge in [0.1, 0.15) is 14.7 Å². The summed E-state index contributed by atoms with van der Waals surface area (Å²) >= 11 is 5.31. The molecule has 2 amide bonds. The lowest BCUT2D eigenvalue weighted by molar-refractivity contribution is 0.223. The average molecular weight is 193 g/mol. The molecule has 0 spiro atoms. The molecule has 6 heteroatoms. The van der Waals surface area contributed by atoms with Gasteiger partial charge in [-0.3, -0.25) is 0 Å². The van der Waals surface area contributed by atoms with Crippen molar-refractivity contribution in [3.8, 4) is 0 Å². The fraction of sp³-hybridized carbons (Fsp3) is 0.800. The topological polar surface area (TPSA) is 52.6 Å². The number of aliphatic hydroxyl groups excluding tert-OH is 1. The largest absolute Gasteiger partial charge is 0.382 e. The second kappa shape index (κ2) is 3.94. The molecule has 0 aromatic rings. The van der Waals surface area contributed by atoms with Gasteiger partial charge in [0.15, 0.2) is 0 Å². The quantitative estimate of drug-likeness (QED) is 0.454. The summed E-state index contributed by atoms with van der Waals surface area (Å²) in [7, 11) is 0.195.